The Kier molecular flexibility index (Phi) is 5.85. The van der Waals surface area contributed by atoms with E-state index in [4.69, 9.17) is 0 Å². The highest BCUT2D eigenvalue weighted by atomic mass is 32.1. The van der Waals surface area contributed by atoms with Crippen LogP contribution in [0.1, 0.15) is 29.4 Å². The number of benzene rings is 1. The maximum absolute atomic E-state index is 14.0. The Hall–Kier alpha value is -2.74. The van der Waals surface area contributed by atoms with Crippen LogP contribution in [0.3, 0.4) is 0 Å². The van der Waals surface area contributed by atoms with Gasteiger partial charge in [0.15, 0.2) is 0 Å². The zero-order valence-electron chi connectivity index (χ0n) is 14.8. The van der Waals surface area contributed by atoms with Crippen LogP contribution in [0.25, 0.3) is 0 Å². The van der Waals surface area contributed by atoms with Crippen molar-refractivity contribution in [2.75, 3.05) is 23.7 Å². The van der Waals surface area contributed by atoms with Crippen LogP contribution in [0, 0.1) is 11.7 Å². The average molecular weight is 389 g/mol. The number of carbonyl (C=O) groups is 3. The molecule has 0 bridgehead atoms. The van der Waals surface area contributed by atoms with Gasteiger partial charge in [0.05, 0.1) is 16.5 Å². The summed E-state index contributed by atoms with van der Waals surface area (Å²) < 4.78 is 14.0. The van der Waals surface area contributed by atoms with Gasteiger partial charge < -0.3 is 15.5 Å². The number of anilines is 2. The standard InChI is InChI=1S/C19H20FN3O3S/c1-12(24)21-14-6-7-15(20)16(10-14)22-18(25)13-4-2-8-23(11-13)19(26)17-5-3-9-27-17/h3,5-7,9-10,13H,2,4,8,11H2,1H3,(H,21,24)(H,22,25)/t13-/m0/s1. The highest BCUT2D eigenvalue weighted by Crippen LogP contribution is 2.24. The van der Waals surface area contributed by atoms with Crippen molar-refractivity contribution in [3.63, 3.8) is 0 Å². The summed E-state index contributed by atoms with van der Waals surface area (Å²) in [6, 6.07) is 7.57. The summed E-state index contributed by atoms with van der Waals surface area (Å²) in [7, 11) is 0. The third-order valence-electron chi connectivity index (χ3n) is 4.36. The predicted octanol–water partition coefficient (Wildman–Crippen LogP) is 3.34. The highest BCUT2D eigenvalue weighted by Gasteiger charge is 2.29. The van der Waals surface area contributed by atoms with Gasteiger partial charge in [0.2, 0.25) is 11.8 Å². The van der Waals surface area contributed by atoms with E-state index in [2.05, 4.69) is 10.6 Å². The van der Waals surface area contributed by atoms with Crippen LogP contribution < -0.4 is 10.6 Å². The number of carbonyl (C=O) groups excluding carboxylic acids is 3. The Morgan fingerprint density at radius 3 is 2.74 bits per heavy atom. The summed E-state index contributed by atoms with van der Waals surface area (Å²) in [5, 5.41) is 6.98. The first-order valence-corrected chi connectivity index (χ1v) is 9.53. The van der Waals surface area contributed by atoms with Gasteiger partial charge in [0, 0.05) is 25.7 Å². The second-order valence-corrected chi connectivity index (χ2v) is 7.38. The van der Waals surface area contributed by atoms with Gasteiger partial charge in [-0.15, -0.1) is 11.3 Å². The number of amides is 3. The lowest BCUT2D eigenvalue weighted by molar-refractivity contribution is -0.121. The number of likely N-dealkylation sites (tertiary alicyclic amines) is 1. The smallest absolute Gasteiger partial charge is 0.263 e. The molecule has 1 saturated heterocycles. The fourth-order valence-electron chi connectivity index (χ4n) is 3.07. The summed E-state index contributed by atoms with van der Waals surface area (Å²) in [6.07, 6.45) is 1.34. The molecule has 0 radical (unpaired) electrons. The Bertz CT molecular complexity index is 854. The highest BCUT2D eigenvalue weighted by molar-refractivity contribution is 7.12. The summed E-state index contributed by atoms with van der Waals surface area (Å²) in [5.41, 5.74) is 0.408. The lowest BCUT2D eigenvalue weighted by atomic mass is 9.96. The molecule has 0 saturated carbocycles. The fourth-order valence-corrected chi connectivity index (χ4v) is 3.76. The van der Waals surface area contributed by atoms with Crippen molar-refractivity contribution >= 4 is 40.4 Å². The molecule has 2 heterocycles. The number of hydrogen-bond donors (Lipinski definition) is 2. The predicted molar refractivity (Wildman–Crippen MR) is 102 cm³/mol. The van der Waals surface area contributed by atoms with Gasteiger partial charge in [-0.3, -0.25) is 14.4 Å². The van der Waals surface area contributed by atoms with Gasteiger partial charge in [-0.1, -0.05) is 6.07 Å². The number of nitrogens with one attached hydrogen (secondary N) is 2. The van der Waals surface area contributed by atoms with Crippen molar-refractivity contribution in [1.82, 2.24) is 4.90 Å². The van der Waals surface area contributed by atoms with E-state index in [1.54, 1.807) is 11.0 Å². The average Bonchev–Trinajstić information content (AvgIpc) is 3.18. The molecular weight excluding hydrogens is 369 g/mol. The van der Waals surface area contributed by atoms with Crippen LogP contribution in [0.15, 0.2) is 35.7 Å². The SMILES string of the molecule is CC(=O)Nc1ccc(F)c(NC(=O)[C@H]2CCCN(C(=O)c3cccs3)C2)c1. The minimum absolute atomic E-state index is 0.00737. The molecule has 0 spiro atoms. The maximum Gasteiger partial charge on any atom is 0.263 e. The molecule has 0 aliphatic carbocycles. The molecule has 3 amide bonds. The largest absolute Gasteiger partial charge is 0.337 e. The van der Waals surface area contributed by atoms with Crippen LogP contribution in [0.4, 0.5) is 15.8 Å². The molecule has 27 heavy (non-hydrogen) atoms. The van der Waals surface area contributed by atoms with E-state index in [1.807, 2.05) is 11.4 Å². The number of piperidine rings is 1. The maximum atomic E-state index is 14.0. The minimum atomic E-state index is -0.584. The summed E-state index contributed by atoms with van der Waals surface area (Å²) in [4.78, 5) is 38.6. The van der Waals surface area contributed by atoms with Crippen LogP contribution >= 0.6 is 11.3 Å². The Labute approximate surface area is 160 Å². The molecule has 2 N–H and O–H groups in total. The molecule has 1 aliphatic heterocycles. The van der Waals surface area contributed by atoms with E-state index in [0.29, 0.717) is 36.5 Å². The Balaban J connectivity index is 1.67. The molecule has 1 aromatic carbocycles. The molecular formula is C19H20FN3O3S. The van der Waals surface area contributed by atoms with Gasteiger partial charge in [-0.05, 0) is 42.5 Å². The first-order chi connectivity index (χ1) is 12.9. The van der Waals surface area contributed by atoms with Crippen molar-refractivity contribution in [3.8, 4) is 0 Å². The topological polar surface area (TPSA) is 78.5 Å². The quantitative estimate of drug-likeness (QED) is 0.842. The van der Waals surface area contributed by atoms with Gasteiger partial charge in [-0.2, -0.15) is 0 Å². The van der Waals surface area contributed by atoms with Gasteiger partial charge in [0.1, 0.15) is 5.82 Å². The monoisotopic (exact) mass is 389 g/mol. The van der Waals surface area contributed by atoms with E-state index in [9.17, 15) is 18.8 Å². The normalized spacial score (nSPS) is 16.7. The van der Waals surface area contributed by atoms with E-state index in [-0.39, 0.29) is 23.4 Å². The molecule has 3 rings (SSSR count). The molecule has 6 nitrogen and oxygen atoms in total. The molecule has 1 atom stereocenters. The minimum Gasteiger partial charge on any atom is -0.337 e. The Morgan fingerprint density at radius 2 is 2.04 bits per heavy atom. The summed E-state index contributed by atoms with van der Waals surface area (Å²) in [5.74, 6) is -1.70. The third kappa shape index (κ3) is 4.71. The van der Waals surface area contributed by atoms with Crippen molar-refractivity contribution in [2.24, 2.45) is 5.92 Å². The molecule has 1 fully saturated rings. The zero-order chi connectivity index (χ0) is 19.4. The van der Waals surface area contributed by atoms with E-state index in [0.717, 1.165) is 0 Å². The number of thiophene rings is 1. The molecule has 142 valence electrons. The molecule has 2 aromatic rings. The van der Waals surface area contributed by atoms with Crippen molar-refractivity contribution < 1.29 is 18.8 Å². The number of halogens is 1. The number of nitrogens with zero attached hydrogens (tertiary/aromatic N) is 1. The van der Waals surface area contributed by atoms with E-state index in [1.165, 1.54) is 36.5 Å². The fraction of sp³-hybridized carbons (Fsp3) is 0.316. The van der Waals surface area contributed by atoms with Crippen molar-refractivity contribution in [1.29, 1.82) is 0 Å². The number of hydrogen-bond acceptors (Lipinski definition) is 4. The first kappa shape index (κ1) is 19.0. The summed E-state index contributed by atoms with van der Waals surface area (Å²) >= 11 is 1.37. The van der Waals surface area contributed by atoms with Gasteiger partial charge >= 0.3 is 0 Å². The van der Waals surface area contributed by atoms with Crippen LogP contribution in [0.5, 0.6) is 0 Å². The molecule has 1 aliphatic rings. The number of rotatable bonds is 4. The molecule has 0 unspecified atom stereocenters. The van der Waals surface area contributed by atoms with Gasteiger partial charge in [0.25, 0.3) is 5.91 Å². The lowest BCUT2D eigenvalue weighted by Gasteiger charge is -2.31. The summed E-state index contributed by atoms with van der Waals surface area (Å²) in [6.45, 7) is 2.26. The molecule has 8 heteroatoms. The van der Waals surface area contributed by atoms with Crippen molar-refractivity contribution in [2.45, 2.75) is 19.8 Å². The first-order valence-electron chi connectivity index (χ1n) is 8.65. The van der Waals surface area contributed by atoms with E-state index >= 15 is 0 Å². The lowest BCUT2D eigenvalue weighted by Crippen LogP contribution is -2.43. The second kappa shape index (κ2) is 8.30. The van der Waals surface area contributed by atoms with Crippen molar-refractivity contribution in [3.05, 3.63) is 46.4 Å². The zero-order valence-corrected chi connectivity index (χ0v) is 15.6. The second-order valence-electron chi connectivity index (χ2n) is 6.43. The van der Waals surface area contributed by atoms with Crippen LogP contribution in [-0.2, 0) is 9.59 Å². The van der Waals surface area contributed by atoms with Gasteiger partial charge in [-0.25, -0.2) is 4.39 Å². The van der Waals surface area contributed by atoms with Crippen LogP contribution in [-0.4, -0.2) is 35.7 Å². The van der Waals surface area contributed by atoms with E-state index < -0.39 is 11.7 Å². The Morgan fingerprint density at radius 1 is 1.22 bits per heavy atom. The third-order valence-corrected chi connectivity index (χ3v) is 5.21. The van der Waals surface area contributed by atoms with Crippen LogP contribution in [0.2, 0.25) is 0 Å². The molecule has 1 aromatic heterocycles.